The Morgan fingerprint density at radius 1 is 0.957 bits per heavy atom. The van der Waals surface area contributed by atoms with E-state index in [2.05, 4.69) is 12.2 Å². The molecule has 0 fully saturated rings. The molecule has 0 bridgehead atoms. The topological polar surface area (TPSA) is 46.2 Å². The number of aryl methyl sites for hydroxylation is 2. The summed E-state index contributed by atoms with van der Waals surface area (Å²) in [5.74, 6) is -0.0783. The van der Waals surface area contributed by atoms with Gasteiger partial charge in [0, 0.05) is 24.9 Å². The molecule has 0 unspecified atom stereocenters. The molecule has 0 aliphatic heterocycles. The molecule has 2 aromatic rings. The first kappa shape index (κ1) is 16.9. The van der Waals surface area contributed by atoms with Gasteiger partial charge in [-0.25, -0.2) is 0 Å². The Morgan fingerprint density at radius 2 is 1.65 bits per heavy atom. The molecule has 23 heavy (non-hydrogen) atoms. The van der Waals surface area contributed by atoms with Crippen molar-refractivity contribution in [3.63, 3.8) is 0 Å². The van der Waals surface area contributed by atoms with E-state index < -0.39 is 0 Å². The van der Waals surface area contributed by atoms with Gasteiger partial charge in [-0.2, -0.15) is 0 Å². The van der Waals surface area contributed by atoms with Gasteiger partial charge in [0.1, 0.15) is 0 Å². The van der Waals surface area contributed by atoms with Crippen molar-refractivity contribution in [2.45, 2.75) is 39.7 Å². The molecular formula is C20H23NO2. The highest BCUT2D eigenvalue weighted by molar-refractivity contribution is 5.97. The number of hydrogen-bond donors (Lipinski definition) is 1. The zero-order valence-corrected chi connectivity index (χ0v) is 13.8. The lowest BCUT2D eigenvalue weighted by Crippen LogP contribution is -2.23. The third-order valence-electron chi connectivity index (χ3n) is 4.00. The van der Waals surface area contributed by atoms with E-state index in [4.69, 9.17) is 0 Å². The van der Waals surface area contributed by atoms with E-state index in [1.165, 1.54) is 5.56 Å². The van der Waals surface area contributed by atoms with E-state index in [1.54, 1.807) is 0 Å². The third kappa shape index (κ3) is 5.06. The van der Waals surface area contributed by atoms with Gasteiger partial charge in [-0.05, 0) is 30.0 Å². The molecule has 0 radical (unpaired) electrons. The lowest BCUT2D eigenvalue weighted by atomic mass is 10.0. The molecule has 3 heteroatoms. The Kier molecular flexibility index (Phi) is 6.10. The summed E-state index contributed by atoms with van der Waals surface area (Å²) in [7, 11) is 0. The van der Waals surface area contributed by atoms with Gasteiger partial charge in [-0.15, -0.1) is 0 Å². The highest BCUT2D eigenvalue weighted by Gasteiger charge is 2.09. The summed E-state index contributed by atoms with van der Waals surface area (Å²) in [6.07, 6.45) is 1.42. The number of carbonyl (C=O) groups is 2. The molecule has 0 aliphatic carbocycles. The van der Waals surface area contributed by atoms with E-state index in [-0.39, 0.29) is 24.5 Å². The smallest absolute Gasteiger partial charge is 0.220 e. The fraction of sp³-hybridized carbons (Fsp3) is 0.300. The van der Waals surface area contributed by atoms with Crippen LogP contribution in [0.15, 0.2) is 48.5 Å². The van der Waals surface area contributed by atoms with Gasteiger partial charge in [0.25, 0.3) is 0 Å². The molecule has 0 saturated carbocycles. The van der Waals surface area contributed by atoms with E-state index in [9.17, 15) is 9.59 Å². The second-order valence-corrected chi connectivity index (χ2v) is 5.68. The van der Waals surface area contributed by atoms with Crippen LogP contribution in [0.5, 0.6) is 0 Å². The molecule has 120 valence electrons. The molecule has 0 aliphatic rings. The van der Waals surface area contributed by atoms with Crippen LogP contribution in [-0.4, -0.2) is 11.7 Å². The summed E-state index contributed by atoms with van der Waals surface area (Å²) in [5, 5.41) is 2.87. The summed E-state index contributed by atoms with van der Waals surface area (Å²) in [6, 6.07) is 15.6. The van der Waals surface area contributed by atoms with Crippen LogP contribution in [0.2, 0.25) is 0 Å². The Morgan fingerprint density at radius 3 is 2.30 bits per heavy atom. The number of Topliss-reactive ketones (excluding diaryl/α,β-unsaturated/α-hetero) is 1. The Hall–Kier alpha value is -2.42. The van der Waals surface area contributed by atoms with Crippen molar-refractivity contribution in [2.75, 3.05) is 0 Å². The molecule has 1 N–H and O–H groups in total. The first-order chi connectivity index (χ1) is 11.1. The van der Waals surface area contributed by atoms with E-state index in [0.29, 0.717) is 12.1 Å². The van der Waals surface area contributed by atoms with Crippen molar-refractivity contribution in [3.05, 3.63) is 70.8 Å². The predicted molar refractivity (Wildman–Crippen MR) is 92.4 cm³/mol. The van der Waals surface area contributed by atoms with Gasteiger partial charge >= 0.3 is 0 Å². The number of carbonyl (C=O) groups excluding carboxylic acids is 2. The molecule has 0 atom stereocenters. The van der Waals surface area contributed by atoms with Crippen molar-refractivity contribution in [1.82, 2.24) is 5.32 Å². The average Bonchev–Trinajstić information content (AvgIpc) is 2.59. The first-order valence-electron chi connectivity index (χ1n) is 8.03. The molecule has 0 spiro atoms. The van der Waals surface area contributed by atoms with Gasteiger partial charge in [0.2, 0.25) is 5.91 Å². The number of nitrogens with one attached hydrogen (secondary N) is 1. The summed E-state index contributed by atoms with van der Waals surface area (Å²) in [5.41, 5.74) is 4.13. The molecule has 3 nitrogen and oxygen atoms in total. The molecular weight excluding hydrogens is 286 g/mol. The lowest BCUT2D eigenvalue weighted by Gasteiger charge is -2.08. The van der Waals surface area contributed by atoms with Gasteiger partial charge in [-0.3, -0.25) is 9.59 Å². The van der Waals surface area contributed by atoms with E-state index in [1.807, 2.05) is 55.5 Å². The van der Waals surface area contributed by atoms with Gasteiger partial charge in [0.15, 0.2) is 5.78 Å². The molecule has 0 aromatic heterocycles. The first-order valence-corrected chi connectivity index (χ1v) is 8.03. The zero-order chi connectivity index (χ0) is 16.7. The highest BCUT2D eigenvalue weighted by atomic mass is 16.2. The minimum Gasteiger partial charge on any atom is -0.352 e. The lowest BCUT2D eigenvalue weighted by molar-refractivity contribution is -0.121. The minimum absolute atomic E-state index is 0.0127. The van der Waals surface area contributed by atoms with E-state index >= 15 is 0 Å². The minimum atomic E-state index is -0.0909. The average molecular weight is 309 g/mol. The van der Waals surface area contributed by atoms with Crippen molar-refractivity contribution in [2.24, 2.45) is 0 Å². The quantitative estimate of drug-likeness (QED) is 0.790. The molecule has 0 heterocycles. The maximum Gasteiger partial charge on any atom is 0.220 e. The fourth-order valence-corrected chi connectivity index (χ4v) is 2.39. The van der Waals surface area contributed by atoms with Crippen LogP contribution in [0.4, 0.5) is 0 Å². The largest absolute Gasteiger partial charge is 0.352 e. The number of amides is 1. The van der Waals surface area contributed by atoms with Crippen molar-refractivity contribution in [1.29, 1.82) is 0 Å². The maximum atomic E-state index is 12.1. The summed E-state index contributed by atoms with van der Waals surface area (Å²) >= 11 is 0. The van der Waals surface area contributed by atoms with Crippen molar-refractivity contribution >= 4 is 11.7 Å². The SMILES string of the molecule is CCc1ccc(C(=O)CCC(=O)NCc2ccccc2C)cc1. The second-order valence-electron chi connectivity index (χ2n) is 5.68. The standard InChI is InChI=1S/C20H23NO2/c1-3-16-8-10-17(11-9-16)19(22)12-13-20(23)21-14-18-7-5-4-6-15(18)2/h4-11H,3,12-14H2,1-2H3,(H,21,23). The number of ketones is 1. The molecule has 2 aromatic carbocycles. The van der Waals surface area contributed by atoms with Crippen LogP contribution in [0.1, 0.15) is 46.8 Å². The van der Waals surface area contributed by atoms with Crippen molar-refractivity contribution < 1.29 is 9.59 Å². The number of benzene rings is 2. The predicted octanol–water partition coefficient (Wildman–Crippen LogP) is 3.84. The summed E-state index contributed by atoms with van der Waals surface area (Å²) < 4.78 is 0. The Labute approximate surface area is 137 Å². The van der Waals surface area contributed by atoms with Crippen LogP contribution >= 0.6 is 0 Å². The molecule has 0 saturated heterocycles. The zero-order valence-electron chi connectivity index (χ0n) is 13.8. The van der Waals surface area contributed by atoms with E-state index in [0.717, 1.165) is 17.5 Å². The Balaban J connectivity index is 1.79. The normalized spacial score (nSPS) is 10.3. The highest BCUT2D eigenvalue weighted by Crippen LogP contribution is 2.09. The van der Waals surface area contributed by atoms with Crippen LogP contribution in [0.3, 0.4) is 0 Å². The van der Waals surface area contributed by atoms with Crippen LogP contribution in [-0.2, 0) is 17.8 Å². The summed E-state index contributed by atoms with van der Waals surface area (Å²) in [6.45, 7) is 4.60. The maximum absolute atomic E-state index is 12.1. The second kappa shape index (κ2) is 8.28. The van der Waals surface area contributed by atoms with Gasteiger partial charge in [-0.1, -0.05) is 55.5 Å². The van der Waals surface area contributed by atoms with Gasteiger partial charge < -0.3 is 5.32 Å². The fourth-order valence-electron chi connectivity index (χ4n) is 2.39. The molecule has 1 amide bonds. The van der Waals surface area contributed by atoms with Crippen LogP contribution in [0, 0.1) is 6.92 Å². The molecule has 2 rings (SSSR count). The Bertz CT molecular complexity index is 674. The van der Waals surface area contributed by atoms with Crippen LogP contribution < -0.4 is 5.32 Å². The third-order valence-corrected chi connectivity index (χ3v) is 4.00. The number of rotatable bonds is 7. The van der Waals surface area contributed by atoms with Crippen LogP contribution in [0.25, 0.3) is 0 Å². The monoisotopic (exact) mass is 309 g/mol. The van der Waals surface area contributed by atoms with Gasteiger partial charge in [0.05, 0.1) is 0 Å². The van der Waals surface area contributed by atoms with Crippen molar-refractivity contribution in [3.8, 4) is 0 Å². The summed E-state index contributed by atoms with van der Waals surface area (Å²) in [4.78, 5) is 24.0. The number of hydrogen-bond acceptors (Lipinski definition) is 2.